The minimum absolute atomic E-state index is 0.0208. The number of methoxy groups -OCH3 is 1. The molecule has 0 fully saturated rings. The number of nitrogen functional groups attached to an aromatic ring is 1. The van der Waals surface area contributed by atoms with Crippen molar-refractivity contribution in [2.75, 3.05) is 51.5 Å². The van der Waals surface area contributed by atoms with Crippen LogP contribution in [0.25, 0.3) is 0 Å². The Labute approximate surface area is 127 Å². The minimum atomic E-state index is -0.0208. The Morgan fingerprint density at radius 3 is 2.52 bits per heavy atom. The summed E-state index contributed by atoms with van der Waals surface area (Å²) in [5.74, 6) is 0.474. The van der Waals surface area contributed by atoms with Crippen LogP contribution in [0.3, 0.4) is 0 Å². The van der Waals surface area contributed by atoms with E-state index in [0.29, 0.717) is 23.8 Å². The Morgan fingerprint density at radius 1 is 1.33 bits per heavy atom. The van der Waals surface area contributed by atoms with E-state index in [1.54, 1.807) is 38.2 Å². The Hall–Kier alpha value is -1.75. The molecule has 0 aliphatic heterocycles. The molecular formula is C16H27N3O2. The lowest BCUT2D eigenvalue weighted by molar-refractivity contribution is 0.0827. The summed E-state index contributed by atoms with van der Waals surface area (Å²) in [6.07, 6.45) is 0. The number of nitrogens with zero attached hydrogens (tertiary/aromatic N) is 2. The molecule has 1 amide bonds. The fraction of sp³-hybridized carbons (Fsp3) is 0.562. The molecule has 5 nitrogen and oxygen atoms in total. The van der Waals surface area contributed by atoms with Gasteiger partial charge in [-0.2, -0.15) is 0 Å². The summed E-state index contributed by atoms with van der Waals surface area (Å²) in [4.78, 5) is 15.9. The number of ether oxygens (including phenoxy) is 1. The monoisotopic (exact) mass is 293 g/mol. The number of anilines is 2. The minimum Gasteiger partial charge on any atom is -0.397 e. The molecule has 1 aromatic carbocycles. The molecule has 0 aliphatic carbocycles. The number of benzene rings is 1. The topological polar surface area (TPSA) is 58.8 Å². The average Bonchev–Trinajstić information content (AvgIpc) is 2.42. The molecule has 0 saturated heterocycles. The first kappa shape index (κ1) is 17.3. The third kappa shape index (κ3) is 4.93. The van der Waals surface area contributed by atoms with Gasteiger partial charge in [0.05, 0.1) is 18.0 Å². The summed E-state index contributed by atoms with van der Waals surface area (Å²) in [7, 11) is 5.17. The highest BCUT2D eigenvalue weighted by atomic mass is 16.5. The van der Waals surface area contributed by atoms with Crippen molar-refractivity contribution in [3.63, 3.8) is 0 Å². The molecule has 1 rings (SSSR count). The van der Waals surface area contributed by atoms with Gasteiger partial charge in [-0.15, -0.1) is 0 Å². The predicted octanol–water partition coefficient (Wildman–Crippen LogP) is 2.08. The van der Waals surface area contributed by atoms with Gasteiger partial charge < -0.3 is 20.3 Å². The highest BCUT2D eigenvalue weighted by Crippen LogP contribution is 2.26. The molecule has 0 radical (unpaired) electrons. The first-order valence-corrected chi connectivity index (χ1v) is 7.21. The van der Waals surface area contributed by atoms with Gasteiger partial charge in [-0.25, -0.2) is 0 Å². The summed E-state index contributed by atoms with van der Waals surface area (Å²) in [5, 5.41) is 0. The molecule has 0 bridgehead atoms. The Bertz CT molecular complexity index is 473. The summed E-state index contributed by atoms with van der Waals surface area (Å²) < 4.78 is 5.17. The molecule has 2 N–H and O–H groups in total. The second-order valence-electron chi connectivity index (χ2n) is 5.81. The lowest BCUT2D eigenvalue weighted by atomic mass is 10.1. The van der Waals surface area contributed by atoms with Crippen LogP contribution in [0.15, 0.2) is 18.2 Å². The molecular weight excluding hydrogens is 266 g/mol. The zero-order chi connectivity index (χ0) is 16.0. The van der Waals surface area contributed by atoms with Gasteiger partial charge in [0.15, 0.2) is 0 Å². The van der Waals surface area contributed by atoms with E-state index in [1.165, 1.54) is 0 Å². The van der Waals surface area contributed by atoms with Crippen LogP contribution in [0.2, 0.25) is 0 Å². The number of nitrogens with two attached hydrogens (primary N) is 1. The van der Waals surface area contributed by atoms with Crippen LogP contribution in [0.1, 0.15) is 24.2 Å². The van der Waals surface area contributed by atoms with E-state index >= 15 is 0 Å². The average molecular weight is 293 g/mol. The maximum Gasteiger partial charge on any atom is 0.253 e. The van der Waals surface area contributed by atoms with Gasteiger partial charge in [-0.05, 0) is 24.1 Å². The largest absolute Gasteiger partial charge is 0.397 e. The number of carbonyl (C=O) groups is 1. The second kappa shape index (κ2) is 7.88. The highest BCUT2D eigenvalue weighted by molar-refractivity contribution is 5.96. The zero-order valence-corrected chi connectivity index (χ0v) is 13.7. The smallest absolute Gasteiger partial charge is 0.253 e. The van der Waals surface area contributed by atoms with Gasteiger partial charge in [-0.1, -0.05) is 13.8 Å². The summed E-state index contributed by atoms with van der Waals surface area (Å²) in [6.45, 7) is 6.55. The number of carbonyl (C=O) groups excluding carboxylic acids is 1. The van der Waals surface area contributed by atoms with Crippen LogP contribution in [0, 0.1) is 5.92 Å². The van der Waals surface area contributed by atoms with Crippen molar-refractivity contribution in [3.8, 4) is 0 Å². The molecule has 0 saturated carbocycles. The highest BCUT2D eigenvalue weighted by Gasteiger charge is 2.15. The standard InChI is InChI=1S/C16H27N3O2/c1-12(2)11-19(8-9-21-5)15-10-13(6-7-14(15)17)16(20)18(3)4/h6-7,10,12H,8-9,11,17H2,1-5H3. The molecule has 118 valence electrons. The molecule has 21 heavy (non-hydrogen) atoms. The van der Waals surface area contributed by atoms with E-state index in [9.17, 15) is 4.79 Å². The Kier molecular flexibility index (Phi) is 6.49. The lowest BCUT2D eigenvalue weighted by Crippen LogP contribution is -2.32. The van der Waals surface area contributed by atoms with Crippen molar-refractivity contribution < 1.29 is 9.53 Å². The van der Waals surface area contributed by atoms with Crippen LogP contribution >= 0.6 is 0 Å². The van der Waals surface area contributed by atoms with Crippen molar-refractivity contribution >= 4 is 17.3 Å². The fourth-order valence-corrected chi connectivity index (χ4v) is 2.16. The van der Waals surface area contributed by atoms with E-state index in [0.717, 1.165) is 18.8 Å². The normalized spacial score (nSPS) is 10.8. The molecule has 0 heterocycles. The van der Waals surface area contributed by atoms with Crippen LogP contribution in [0.4, 0.5) is 11.4 Å². The summed E-state index contributed by atoms with van der Waals surface area (Å²) in [6, 6.07) is 5.44. The van der Waals surface area contributed by atoms with E-state index in [-0.39, 0.29) is 5.91 Å². The Balaban J connectivity index is 3.10. The van der Waals surface area contributed by atoms with Gasteiger partial charge >= 0.3 is 0 Å². The number of rotatable bonds is 7. The third-order valence-electron chi connectivity index (χ3n) is 3.18. The SMILES string of the molecule is COCCN(CC(C)C)c1cc(C(=O)N(C)C)ccc1N. The Morgan fingerprint density at radius 2 is 2.00 bits per heavy atom. The van der Waals surface area contributed by atoms with Crippen LogP contribution in [-0.4, -0.2) is 51.7 Å². The van der Waals surface area contributed by atoms with Gasteiger partial charge in [0, 0.05) is 39.9 Å². The van der Waals surface area contributed by atoms with Gasteiger partial charge in [0.2, 0.25) is 0 Å². The van der Waals surface area contributed by atoms with Crippen molar-refractivity contribution in [1.82, 2.24) is 4.90 Å². The first-order chi connectivity index (χ1) is 9.86. The van der Waals surface area contributed by atoms with Crippen molar-refractivity contribution in [2.45, 2.75) is 13.8 Å². The van der Waals surface area contributed by atoms with Gasteiger partial charge in [-0.3, -0.25) is 4.79 Å². The number of hydrogen-bond acceptors (Lipinski definition) is 4. The quantitative estimate of drug-likeness (QED) is 0.782. The fourth-order valence-electron chi connectivity index (χ4n) is 2.16. The maximum absolute atomic E-state index is 12.1. The second-order valence-corrected chi connectivity index (χ2v) is 5.81. The van der Waals surface area contributed by atoms with Crippen LogP contribution in [-0.2, 0) is 4.74 Å². The predicted molar refractivity (Wildman–Crippen MR) is 87.8 cm³/mol. The third-order valence-corrected chi connectivity index (χ3v) is 3.18. The van der Waals surface area contributed by atoms with Crippen molar-refractivity contribution in [2.24, 2.45) is 5.92 Å². The molecule has 5 heteroatoms. The zero-order valence-electron chi connectivity index (χ0n) is 13.7. The summed E-state index contributed by atoms with van der Waals surface area (Å²) >= 11 is 0. The van der Waals surface area contributed by atoms with Crippen LogP contribution < -0.4 is 10.6 Å². The maximum atomic E-state index is 12.1. The van der Waals surface area contributed by atoms with Crippen LogP contribution in [0.5, 0.6) is 0 Å². The molecule has 0 atom stereocenters. The van der Waals surface area contributed by atoms with Gasteiger partial charge in [0.1, 0.15) is 0 Å². The molecule has 0 unspecified atom stereocenters. The van der Waals surface area contributed by atoms with E-state index in [4.69, 9.17) is 10.5 Å². The molecule has 0 aromatic heterocycles. The van der Waals surface area contributed by atoms with Gasteiger partial charge in [0.25, 0.3) is 5.91 Å². The number of amides is 1. The molecule has 1 aromatic rings. The van der Waals surface area contributed by atoms with Crippen molar-refractivity contribution in [3.05, 3.63) is 23.8 Å². The van der Waals surface area contributed by atoms with E-state index < -0.39 is 0 Å². The molecule has 0 aliphatic rings. The van der Waals surface area contributed by atoms with E-state index in [2.05, 4.69) is 18.7 Å². The molecule has 0 spiro atoms. The lowest BCUT2D eigenvalue weighted by Gasteiger charge is -2.28. The summed E-state index contributed by atoms with van der Waals surface area (Å²) in [5.41, 5.74) is 8.33. The van der Waals surface area contributed by atoms with Crippen molar-refractivity contribution in [1.29, 1.82) is 0 Å². The first-order valence-electron chi connectivity index (χ1n) is 7.21. The van der Waals surface area contributed by atoms with E-state index in [1.807, 2.05) is 6.07 Å². The number of hydrogen-bond donors (Lipinski definition) is 1.